The number of fused-ring (bicyclic) bond motifs is 1. The fourth-order valence-corrected chi connectivity index (χ4v) is 3.57. The topological polar surface area (TPSA) is 90.4 Å². The van der Waals surface area contributed by atoms with Gasteiger partial charge in [0.25, 0.3) is 11.7 Å². The van der Waals surface area contributed by atoms with E-state index in [4.69, 9.17) is 4.74 Å². The van der Waals surface area contributed by atoms with Crippen LogP contribution < -0.4 is 0 Å². The molecule has 1 amide bonds. The Morgan fingerprint density at radius 2 is 2.13 bits per heavy atom. The fourth-order valence-electron chi connectivity index (χ4n) is 3.57. The zero-order chi connectivity index (χ0) is 20.7. The van der Waals surface area contributed by atoms with Crippen LogP contribution >= 0.6 is 0 Å². The molecule has 1 aliphatic rings. The molecule has 0 saturated carbocycles. The SMILES string of the molecule is Cc1cc(C2CN(C(=O)c3ccn(-c4ccccc4F)n3)CCO2)n2ncnc2n1. The molecule has 1 aromatic carbocycles. The zero-order valence-electron chi connectivity index (χ0n) is 16.1. The predicted molar refractivity (Wildman–Crippen MR) is 104 cm³/mol. The Labute approximate surface area is 170 Å². The van der Waals surface area contributed by atoms with Gasteiger partial charge in [0.1, 0.15) is 23.9 Å². The molecule has 1 saturated heterocycles. The second-order valence-electron chi connectivity index (χ2n) is 7.00. The summed E-state index contributed by atoms with van der Waals surface area (Å²) in [5.41, 5.74) is 2.11. The summed E-state index contributed by atoms with van der Waals surface area (Å²) >= 11 is 0. The number of rotatable bonds is 3. The van der Waals surface area contributed by atoms with E-state index < -0.39 is 5.82 Å². The van der Waals surface area contributed by atoms with Crippen LogP contribution in [0, 0.1) is 12.7 Å². The summed E-state index contributed by atoms with van der Waals surface area (Å²) in [6.45, 7) is 3.03. The molecule has 9 nitrogen and oxygen atoms in total. The lowest BCUT2D eigenvalue weighted by molar-refractivity contribution is -0.0259. The van der Waals surface area contributed by atoms with Crippen LogP contribution in [-0.2, 0) is 4.74 Å². The molecule has 1 atom stereocenters. The van der Waals surface area contributed by atoms with E-state index in [1.165, 1.54) is 17.1 Å². The first kappa shape index (κ1) is 18.4. The van der Waals surface area contributed by atoms with Crippen LogP contribution in [0.2, 0.25) is 0 Å². The van der Waals surface area contributed by atoms with Crippen molar-refractivity contribution in [3.05, 3.63) is 71.8 Å². The Hall–Kier alpha value is -3.66. The highest BCUT2D eigenvalue weighted by atomic mass is 19.1. The van der Waals surface area contributed by atoms with Crippen LogP contribution in [-0.4, -0.2) is 59.9 Å². The second-order valence-corrected chi connectivity index (χ2v) is 7.00. The summed E-state index contributed by atoms with van der Waals surface area (Å²) in [5.74, 6) is -0.157. The maximum Gasteiger partial charge on any atom is 0.274 e. The number of aromatic nitrogens is 6. The highest BCUT2D eigenvalue weighted by Gasteiger charge is 2.29. The average molecular weight is 407 g/mol. The van der Waals surface area contributed by atoms with Gasteiger partial charge in [-0.15, -0.1) is 0 Å². The van der Waals surface area contributed by atoms with E-state index >= 15 is 0 Å². The third-order valence-electron chi connectivity index (χ3n) is 5.00. The largest absolute Gasteiger partial charge is 0.368 e. The van der Waals surface area contributed by atoms with Crippen molar-refractivity contribution in [3.8, 4) is 5.69 Å². The number of amides is 1. The number of ether oxygens (including phenoxy) is 1. The first-order valence-electron chi connectivity index (χ1n) is 9.49. The summed E-state index contributed by atoms with van der Waals surface area (Å²) < 4.78 is 22.9. The first-order valence-corrected chi connectivity index (χ1v) is 9.49. The standard InChI is InChI=1S/C20H18FN7O2/c1-13-10-17(28-20(24-13)22-12-23-28)18-11-26(8-9-30-18)19(29)15-6-7-27(25-15)16-5-3-2-4-14(16)21/h2-7,10,12,18H,8-9,11H2,1H3. The van der Waals surface area contributed by atoms with Crippen LogP contribution in [0.4, 0.5) is 4.39 Å². The summed E-state index contributed by atoms with van der Waals surface area (Å²) in [5, 5.41) is 8.49. The van der Waals surface area contributed by atoms with Gasteiger partial charge in [0.05, 0.1) is 18.8 Å². The molecule has 5 rings (SSSR count). The van der Waals surface area contributed by atoms with Gasteiger partial charge in [-0.1, -0.05) is 12.1 Å². The molecule has 0 N–H and O–H groups in total. The molecular formula is C20H18FN7O2. The van der Waals surface area contributed by atoms with Gasteiger partial charge >= 0.3 is 0 Å². The van der Waals surface area contributed by atoms with Crippen LogP contribution in [0.25, 0.3) is 11.5 Å². The highest BCUT2D eigenvalue weighted by Crippen LogP contribution is 2.24. The van der Waals surface area contributed by atoms with E-state index in [0.717, 1.165) is 11.4 Å². The third kappa shape index (κ3) is 3.20. The molecule has 0 radical (unpaired) electrons. The van der Waals surface area contributed by atoms with Crippen molar-refractivity contribution in [2.45, 2.75) is 13.0 Å². The number of hydrogen-bond donors (Lipinski definition) is 0. The van der Waals surface area contributed by atoms with Crippen molar-refractivity contribution in [2.75, 3.05) is 19.7 Å². The molecule has 152 valence electrons. The van der Waals surface area contributed by atoms with Crippen molar-refractivity contribution in [1.29, 1.82) is 0 Å². The number of morpholine rings is 1. The van der Waals surface area contributed by atoms with Gasteiger partial charge in [-0.2, -0.15) is 19.7 Å². The molecule has 4 aromatic rings. The van der Waals surface area contributed by atoms with Gasteiger partial charge in [-0.25, -0.2) is 14.1 Å². The minimum atomic E-state index is -0.407. The van der Waals surface area contributed by atoms with Crippen LogP contribution in [0.5, 0.6) is 0 Å². The van der Waals surface area contributed by atoms with Gasteiger partial charge in [0.15, 0.2) is 5.69 Å². The number of hydrogen-bond acceptors (Lipinski definition) is 6. The van der Waals surface area contributed by atoms with E-state index in [9.17, 15) is 9.18 Å². The maximum atomic E-state index is 14.0. The maximum absolute atomic E-state index is 14.0. The van der Waals surface area contributed by atoms with Crippen LogP contribution in [0.15, 0.2) is 48.9 Å². The Kier molecular flexibility index (Phi) is 4.47. The lowest BCUT2D eigenvalue weighted by Crippen LogP contribution is -2.43. The minimum absolute atomic E-state index is 0.237. The van der Waals surface area contributed by atoms with E-state index in [1.807, 2.05) is 13.0 Å². The number of carbonyl (C=O) groups is 1. The molecule has 3 aromatic heterocycles. The summed E-state index contributed by atoms with van der Waals surface area (Å²) in [6, 6.07) is 9.76. The third-order valence-corrected chi connectivity index (χ3v) is 5.00. The van der Waals surface area contributed by atoms with Crippen molar-refractivity contribution in [3.63, 3.8) is 0 Å². The molecule has 30 heavy (non-hydrogen) atoms. The predicted octanol–water partition coefficient (Wildman–Crippen LogP) is 1.97. The average Bonchev–Trinajstić information content (AvgIpc) is 3.43. The van der Waals surface area contributed by atoms with Crippen molar-refractivity contribution < 1.29 is 13.9 Å². The number of nitrogens with zero attached hydrogens (tertiary/aromatic N) is 7. The molecule has 0 bridgehead atoms. The molecule has 4 heterocycles. The monoisotopic (exact) mass is 407 g/mol. The number of para-hydroxylation sites is 1. The molecule has 0 aliphatic carbocycles. The Morgan fingerprint density at radius 3 is 3.00 bits per heavy atom. The molecule has 1 aliphatic heterocycles. The Bertz CT molecular complexity index is 1230. The van der Waals surface area contributed by atoms with Gasteiger partial charge in [-0.05, 0) is 31.2 Å². The molecule has 1 fully saturated rings. The lowest BCUT2D eigenvalue weighted by atomic mass is 10.1. The molecule has 10 heteroatoms. The van der Waals surface area contributed by atoms with Crippen molar-refractivity contribution in [1.82, 2.24) is 34.3 Å². The summed E-state index contributed by atoms with van der Waals surface area (Å²) in [6.07, 6.45) is 2.64. The second kappa shape index (κ2) is 7.30. The van der Waals surface area contributed by atoms with Crippen LogP contribution in [0.3, 0.4) is 0 Å². The molecular weight excluding hydrogens is 389 g/mol. The fraction of sp³-hybridized carbons (Fsp3) is 0.250. The Balaban J connectivity index is 1.39. The van der Waals surface area contributed by atoms with Gasteiger partial charge < -0.3 is 9.64 Å². The lowest BCUT2D eigenvalue weighted by Gasteiger charge is -2.32. The highest BCUT2D eigenvalue weighted by molar-refractivity contribution is 5.92. The quantitative estimate of drug-likeness (QED) is 0.516. The smallest absolute Gasteiger partial charge is 0.274 e. The minimum Gasteiger partial charge on any atom is -0.368 e. The van der Waals surface area contributed by atoms with Gasteiger partial charge in [0.2, 0.25) is 0 Å². The number of halogens is 1. The van der Waals surface area contributed by atoms with E-state index in [0.29, 0.717) is 25.5 Å². The number of carbonyl (C=O) groups excluding carboxylic acids is 1. The van der Waals surface area contributed by atoms with E-state index in [-0.39, 0.29) is 23.4 Å². The molecule has 0 spiro atoms. The van der Waals surface area contributed by atoms with E-state index in [2.05, 4.69) is 20.2 Å². The molecule has 1 unspecified atom stereocenters. The van der Waals surface area contributed by atoms with Gasteiger partial charge in [0, 0.05) is 18.4 Å². The number of aryl methyl sites for hydroxylation is 1. The van der Waals surface area contributed by atoms with Crippen molar-refractivity contribution in [2.24, 2.45) is 0 Å². The number of benzene rings is 1. The summed E-state index contributed by atoms with van der Waals surface area (Å²) in [4.78, 5) is 23.2. The Morgan fingerprint density at radius 1 is 1.27 bits per heavy atom. The van der Waals surface area contributed by atoms with Crippen LogP contribution in [0.1, 0.15) is 28.0 Å². The zero-order valence-corrected chi connectivity index (χ0v) is 16.1. The normalized spacial score (nSPS) is 16.9. The first-order chi connectivity index (χ1) is 14.6. The van der Waals surface area contributed by atoms with E-state index in [1.54, 1.807) is 39.9 Å². The van der Waals surface area contributed by atoms with Gasteiger partial charge in [-0.3, -0.25) is 4.79 Å². The summed E-state index contributed by atoms with van der Waals surface area (Å²) in [7, 11) is 0. The van der Waals surface area contributed by atoms with Crippen molar-refractivity contribution >= 4 is 11.7 Å².